The van der Waals surface area contributed by atoms with Crippen molar-refractivity contribution in [3.8, 4) is 0 Å². The van der Waals surface area contributed by atoms with Gasteiger partial charge in [0.05, 0.1) is 5.75 Å². The van der Waals surface area contributed by atoms with Gasteiger partial charge in [-0.05, 0) is 17.9 Å². The first-order valence-electron chi connectivity index (χ1n) is 2.12. The van der Waals surface area contributed by atoms with Gasteiger partial charge in [0.15, 0.2) is 5.78 Å². The number of ketones is 1. The predicted octanol–water partition coefficient (Wildman–Crippen LogP) is 1.21. The summed E-state index contributed by atoms with van der Waals surface area (Å²) >= 11 is 1.58. The van der Waals surface area contributed by atoms with Crippen LogP contribution in [-0.4, -0.2) is 11.5 Å². The van der Waals surface area contributed by atoms with Gasteiger partial charge in [0.25, 0.3) is 0 Å². The second-order valence-corrected chi connectivity index (χ2v) is 2.39. The second kappa shape index (κ2) is 1.70. The van der Waals surface area contributed by atoms with E-state index in [2.05, 4.69) is 0 Å². The van der Waals surface area contributed by atoms with Crippen LogP contribution in [0.4, 0.5) is 0 Å². The van der Waals surface area contributed by atoms with Gasteiger partial charge in [0, 0.05) is 0 Å². The Morgan fingerprint density at radius 2 is 2.57 bits per heavy atom. The van der Waals surface area contributed by atoms with Gasteiger partial charge in [0.2, 0.25) is 0 Å². The van der Waals surface area contributed by atoms with Gasteiger partial charge < -0.3 is 0 Å². The quantitative estimate of drug-likeness (QED) is 0.471. The summed E-state index contributed by atoms with van der Waals surface area (Å²) in [7, 11) is 0. The molecule has 0 spiro atoms. The van der Waals surface area contributed by atoms with E-state index >= 15 is 0 Å². The molecule has 0 N–H and O–H groups in total. The Morgan fingerprint density at radius 3 is 2.71 bits per heavy atom. The summed E-state index contributed by atoms with van der Waals surface area (Å²) in [6, 6.07) is 0. The highest BCUT2D eigenvalue weighted by atomic mass is 32.2. The van der Waals surface area contributed by atoms with Gasteiger partial charge in [-0.1, -0.05) is 0 Å². The number of rotatable bonds is 0. The number of thioether (sulfide) groups is 1. The number of carbonyl (C=O) groups is 1. The zero-order valence-corrected chi connectivity index (χ0v) is 4.92. The van der Waals surface area contributed by atoms with E-state index in [0.717, 1.165) is 5.57 Å². The third kappa shape index (κ3) is 0.855. The maximum Gasteiger partial charge on any atom is 0.169 e. The summed E-state index contributed by atoms with van der Waals surface area (Å²) in [4.78, 5) is 10.5. The second-order valence-electron chi connectivity index (χ2n) is 1.54. The summed E-state index contributed by atoms with van der Waals surface area (Å²) in [5.74, 6) is 0.941. The molecule has 1 aliphatic heterocycles. The van der Waals surface area contributed by atoms with Crippen molar-refractivity contribution in [2.75, 3.05) is 5.75 Å². The first kappa shape index (κ1) is 4.91. The first-order valence-corrected chi connectivity index (χ1v) is 3.17. The van der Waals surface area contributed by atoms with Crippen LogP contribution in [0.3, 0.4) is 0 Å². The van der Waals surface area contributed by atoms with Crippen LogP contribution in [0.1, 0.15) is 6.92 Å². The first-order chi connectivity index (χ1) is 3.30. The monoisotopic (exact) mass is 114 g/mol. The van der Waals surface area contributed by atoms with Gasteiger partial charge in [-0.25, -0.2) is 0 Å². The third-order valence-corrected chi connectivity index (χ3v) is 1.86. The standard InChI is InChI=1S/C5H6OS/c1-4-2-7-3-5(4)6/h2H,3H2,1H3. The van der Waals surface area contributed by atoms with E-state index in [1.807, 2.05) is 12.3 Å². The summed E-state index contributed by atoms with van der Waals surface area (Å²) in [5.41, 5.74) is 0.907. The van der Waals surface area contributed by atoms with Gasteiger partial charge in [0.1, 0.15) is 0 Å². The summed E-state index contributed by atoms with van der Waals surface area (Å²) in [5, 5.41) is 1.91. The number of hydrogen-bond acceptors (Lipinski definition) is 2. The number of allylic oxidation sites excluding steroid dienone is 1. The lowest BCUT2D eigenvalue weighted by molar-refractivity contribution is -0.113. The van der Waals surface area contributed by atoms with E-state index in [1.165, 1.54) is 0 Å². The molecule has 0 unspecified atom stereocenters. The Labute approximate surface area is 46.8 Å². The van der Waals surface area contributed by atoms with Crippen LogP contribution in [0.2, 0.25) is 0 Å². The molecule has 1 heterocycles. The average Bonchev–Trinajstić information content (AvgIpc) is 1.91. The minimum atomic E-state index is 0.282. The SMILES string of the molecule is CC1=CSCC1=O. The molecule has 0 aliphatic carbocycles. The molecule has 2 heteroatoms. The van der Waals surface area contributed by atoms with Crippen molar-refractivity contribution in [1.29, 1.82) is 0 Å². The van der Waals surface area contributed by atoms with E-state index in [1.54, 1.807) is 11.8 Å². The topological polar surface area (TPSA) is 17.1 Å². The van der Waals surface area contributed by atoms with Crippen molar-refractivity contribution in [2.45, 2.75) is 6.92 Å². The van der Waals surface area contributed by atoms with Crippen molar-refractivity contribution in [3.05, 3.63) is 11.0 Å². The maximum absolute atomic E-state index is 10.5. The van der Waals surface area contributed by atoms with E-state index in [4.69, 9.17) is 0 Å². The zero-order chi connectivity index (χ0) is 5.28. The highest BCUT2D eigenvalue weighted by Gasteiger charge is 2.08. The van der Waals surface area contributed by atoms with Gasteiger partial charge in [-0.15, -0.1) is 11.8 Å². The summed E-state index contributed by atoms with van der Waals surface area (Å²) < 4.78 is 0. The Hall–Kier alpha value is -0.240. The number of Topliss-reactive ketones (excluding diaryl/α,β-unsaturated/α-hetero) is 1. The molecule has 0 amide bonds. The maximum atomic E-state index is 10.5. The van der Waals surface area contributed by atoms with E-state index in [-0.39, 0.29) is 5.78 Å². The molecule has 0 saturated carbocycles. The van der Waals surface area contributed by atoms with Crippen LogP contribution in [0.5, 0.6) is 0 Å². The molecule has 7 heavy (non-hydrogen) atoms. The van der Waals surface area contributed by atoms with E-state index in [9.17, 15) is 4.79 Å². The molecule has 1 rings (SSSR count). The Kier molecular flexibility index (Phi) is 1.19. The molecule has 0 aromatic rings. The Morgan fingerprint density at radius 1 is 1.86 bits per heavy atom. The van der Waals surface area contributed by atoms with E-state index < -0.39 is 0 Å². The molecule has 0 bridgehead atoms. The molecule has 0 radical (unpaired) electrons. The van der Waals surface area contributed by atoms with Crippen LogP contribution in [0, 0.1) is 0 Å². The molecular weight excluding hydrogens is 108 g/mol. The lowest BCUT2D eigenvalue weighted by Gasteiger charge is -1.79. The van der Waals surface area contributed by atoms with Crippen LogP contribution >= 0.6 is 11.8 Å². The zero-order valence-electron chi connectivity index (χ0n) is 4.10. The van der Waals surface area contributed by atoms with Crippen LogP contribution in [0.25, 0.3) is 0 Å². The molecule has 0 saturated heterocycles. The molecule has 1 nitrogen and oxygen atoms in total. The summed E-state index contributed by atoms with van der Waals surface area (Å²) in [6.07, 6.45) is 0. The van der Waals surface area contributed by atoms with Crippen molar-refractivity contribution >= 4 is 17.5 Å². The Balaban J connectivity index is 2.72. The minimum Gasteiger partial charge on any atom is -0.294 e. The largest absolute Gasteiger partial charge is 0.294 e. The minimum absolute atomic E-state index is 0.282. The average molecular weight is 114 g/mol. The number of carbonyl (C=O) groups excluding carboxylic acids is 1. The Bertz CT molecular complexity index is 126. The van der Waals surface area contributed by atoms with E-state index in [0.29, 0.717) is 5.75 Å². The smallest absolute Gasteiger partial charge is 0.169 e. The lowest BCUT2D eigenvalue weighted by atomic mass is 10.3. The predicted molar refractivity (Wildman–Crippen MR) is 31.2 cm³/mol. The highest BCUT2D eigenvalue weighted by Crippen LogP contribution is 2.16. The van der Waals surface area contributed by atoms with Crippen molar-refractivity contribution < 1.29 is 4.79 Å². The molecule has 0 fully saturated rings. The van der Waals surface area contributed by atoms with Crippen LogP contribution in [-0.2, 0) is 4.79 Å². The fourth-order valence-corrected chi connectivity index (χ4v) is 1.27. The van der Waals surface area contributed by atoms with Crippen molar-refractivity contribution in [2.24, 2.45) is 0 Å². The molecule has 0 aromatic heterocycles. The van der Waals surface area contributed by atoms with Crippen LogP contribution in [0.15, 0.2) is 11.0 Å². The van der Waals surface area contributed by atoms with Crippen molar-refractivity contribution in [3.63, 3.8) is 0 Å². The molecule has 38 valence electrons. The van der Waals surface area contributed by atoms with Gasteiger partial charge in [-0.2, -0.15) is 0 Å². The third-order valence-electron chi connectivity index (χ3n) is 0.914. The van der Waals surface area contributed by atoms with Crippen LogP contribution < -0.4 is 0 Å². The molecular formula is C5H6OS. The highest BCUT2D eigenvalue weighted by molar-refractivity contribution is 8.03. The van der Waals surface area contributed by atoms with Crippen molar-refractivity contribution in [1.82, 2.24) is 0 Å². The molecule has 1 aliphatic rings. The van der Waals surface area contributed by atoms with Gasteiger partial charge in [-0.3, -0.25) is 4.79 Å². The lowest BCUT2D eigenvalue weighted by Crippen LogP contribution is -1.94. The fourth-order valence-electron chi connectivity index (χ4n) is 0.422. The summed E-state index contributed by atoms with van der Waals surface area (Å²) in [6.45, 7) is 1.85. The fraction of sp³-hybridized carbons (Fsp3) is 0.400. The van der Waals surface area contributed by atoms with Gasteiger partial charge >= 0.3 is 0 Å². The molecule has 0 atom stereocenters. The molecule has 0 aromatic carbocycles. The normalized spacial score (nSPS) is 20.1. The number of hydrogen-bond donors (Lipinski definition) is 0.